The molecule has 1 fully saturated rings. The molecule has 0 bridgehead atoms. The lowest BCUT2D eigenvalue weighted by Crippen LogP contribution is -2.38. The summed E-state index contributed by atoms with van der Waals surface area (Å²) in [6.07, 6.45) is 4.14. The van der Waals surface area contributed by atoms with Gasteiger partial charge in [-0.25, -0.2) is 4.98 Å². The van der Waals surface area contributed by atoms with Gasteiger partial charge in [0.2, 0.25) is 0 Å². The lowest BCUT2D eigenvalue weighted by Gasteiger charge is -2.32. The number of H-pyrrole nitrogens is 1. The maximum absolute atomic E-state index is 12.9. The van der Waals surface area contributed by atoms with Crippen LogP contribution in [0.1, 0.15) is 35.2 Å². The Balaban J connectivity index is 1.20. The first-order chi connectivity index (χ1) is 17.3. The first-order valence-corrected chi connectivity index (χ1v) is 12.2. The number of aromatic nitrogens is 4. The first kappa shape index (κ1) is 22.8. The largest absolute Gasteiger partial charge is 0.391 e. The highest BCUT2D eigenvalue weighted by Crippen LogP contribution is 2.35. The van der Waals surface area contributed by atoms with Crippen molar-refractivity contribution < 1.29 is 13.2 Å². The van der Waals surface area contributed by atoms with Crippen molar-refractivity contribution in [2.75, 3.05) is 13.1 Å². The molecule has 2 N–H and O–H groups in total. The molecule has 4 aromatic rings. The van der Waals surface area contributed by atoms with Gasteiger partial charge in [-0.15, -0.1) is 0 Å². The first-order valence-electron chi connectivity index (χ1n) is 12.2. The van der Waals surface area contributed by atoms with E-state index in [4.69, 9.17) is 0 Å². The summed E-state index contributed by atoms with van der Waals surface area (Å²) in [6, 6.07) is 10.4. The average molecular weight is 493 g/mol. The molecule has 36 heavy (non-hydrogen) atoms. The topological polar surface area (TPSA) is 61.8 Å². The Hall–Kier alpha value is -3.59. The van der Waals surface area contributed by atoms with Gasteiger partial charge in [-0.1, -0.05) is 24.3 Å². The van der Waals surface area contributed by atoms with E-state index < -0.39 is 12.1 Å². The number of nitrogens with one attached hydrogen (secondary N) is 2. The van der Waals surface area contributed by atoms with Crippen LogP contribution in [-0.2, 0) is 20.1 Å². The molecular formula is C27H27F3N6. The number of rotatable bonds is 4. The Labute approximate surface area is 206 Å². The molecule has 1 saturated heterocycles. The summed E-state index contributed by atoms with van der Waals surface area (Å²) in [5, 5.41) is 8.80. The second-order valence-electron chi connectivity index (χ2n) is 9.74. The number of aryl methyl sites for hydroxylation is 1. The van der Waals surface area contributed by atoms with Crippen LogP contribution in [0.3, 0.4) is 0 Å². The summed E-state index contributed by atoms with van der Waals surface area (Å²) in [4.78, 5) is 10.2. The molecule has 6 rings (SSSR count). The van der Waals surface area contributed by atoms with Crippen LogP contribution in [0.15, 0.2) is 48.9 Å². The highest BCUT2D eigenvalue weighted by molar-refractivity contribution is 5.96. The van der Waals surface area contributed by atoms with Crippen LogP contribution in [0.25, 0.3) is 33.9 Å². The minimum absolute atomic E-state index is 0.181. The Morgan fingerprint density at radius 2 is 1.81 bits per heavy atom. The van der Waals surface area contributed by atoms with Crippen molar-refractivity contribution in [3.63, 3.8) is 0 Å². The van der Waals surface area contributed by atoms with E-state index in [1.54, 1.807) is 4.68 Å². The lowest BCUT2D eigenvalue weighted by molar-refractivity contribution is -0.185. The molecule has 2 aliphatic rings. The van der Waals surface area contributed by atoms with Crippen LogP contribution in [-0.4, -0.2) is 43.9 Å². The van der Waals surface area contributed by atoms with E-state index in [0.29, 0.717) is 26.2 Å². The predicted octanol–water partition coefficient (Wildman–Crippen LogP) is 5.34. The number of hydrogen-bond donors (Lipinski definition) is 2. The van der Waals surface area contributed by atoms with Crippen molar-refractivity contribution in [2.24, 2.45) is 13.0 Å². The number of benzene rings is 1. The van der Waals surface area contributed by atoms with Crippen LogP contribution in [0, 0.1) is 5.92 Å². The third-order valence-corrected chi connectivity index (χ3v) is 7.28. The van der Waals surface area contributed by atoms with Gasteiger partial charge in [-0.3, -0.25) is 9.58 Å². The minimum Gasteiger partial charge on any atom is -0.379 e. The number of hydrogen-bond acceptors (Lipinski definition) is 4. The van der Waals surface area contributed by atoms with Crippen molar-refractivity contribution in [1.29, 1.82) is 0 Å². The molecule has 0 atom stereocenters. The average Bonchev–Trinajstić information content (AvgIpc) is 3.47. The van der Waals surface area contributed by atoms with E-state index >= 15 is 0 Å². The molecule has 0 radical (unpaired) electrons. The van der Waals surface area contributed by atoms with Crippen LogP contribution < -0.4 is 5.32 Å². The molecule has 6 nitrogen and oxygen atoms in total. The molecule has 5 heterocycles. The van der Waals surface area contributed by atoms with E-state index in [-0.39, 0.29) is 12.8 Å². The van der Waals surface area contributed by atoms with Gasteiger partial charge in [0.25, 0.3) is 0 Å². The molecular weight excluding hydrogens is 465 g/mol. The summed E-state index contributed by atoms with van der Waals surface area (Å²) < 4.78 is 40.6. The number of piperidine rings is 1. The van der Waals surface area contributed by atoms with Crippen molar-refractivity contribution in [1.82, 2.24) is 30.0 Å². The van der Waals surface area contributed by atoms with Gasteiger partial charge >= 0.3 is 6.18 Å². The summed E-state index contributed by atoms with van der Waals surface area (Å²) in [5.41, 5.74) is 8.36. The zero-order chi connectivity index (χ0) is 24.9. The third-order valence-electron chi connectivity index (χ3n) is 7.28. The number of alkyl halides is 3. The SMILES string of the molecule is Cn1cc(C2=Cc3c([nH]c4ncc(-c5ccc(CN6CCC(C(F)(F)F)CC6)cc5)cc34)CN2)cn1. The predicted molar refractivity (Wildman–Crippen MR) is 134 cm³/mol. The van der Waals surface area contributed by atoms with Gasteiger partial charge in [-0.2, -0.15) is 18.3 Å². The lowest BCUT2D eigenvalue weighted by atomic mass is 9.96. The fraction of sp³-hybridized carbons (Fsp3) is 0.333. The van der Waals surface area contributed by atoms with Gasteiger partial charge in [0.1, 0.15) is 5.65 Å². The molecule has 9 heteroatoms. The smallest absolute Gasteiger partial charge is 0.379 e. The number of fused-ring (bicyclic) bond motifs is 3. The van der Waals surface area contributed by atoms with E-state index in [9.17, 15) is 13.2 Å². The molecule has 2 aliphatic heterocycles. The molecule has 0 saturated carbocycles. The van der Waals surface area contributed by atoms with Crippen molar-refractivity contribution in [3.8, 4) is 11.1 Å². The van der Waals surface area contributed by atoms with Gasteiger partial charge in [-0.05, 0) is 49.2 Å². The van der Waals surface area contributed by atoms with Gasteiger partial charge in [0, 0.05) is 59.5 Å². The summed E-state index contributed by atoms with van der Waals surface area (Å²) in [5.74, 6) is -1.16. The molecule has 0 unspecified atom stereocenters. The van der Waals surface area contributed by atoms with Crippen LogP contribution in [0.4, 0.5) is 13.2 Å². The second-order valence-corrected chi connectivity index (χ2v) is 9.74. The molecule has 0 aliphatic carbocycles. The third kappa shape index (κ3) is 4.39. The van der Waals surface area contributed by atoms with Crippen LogP contribution in [0.2, 0.25) is 0 Å². The quantitative estimate of drug-likeness (QED) is 0.404. The Bertz CT molecular complexity index is 1420. The Kier molecular flexibility index (Phi) is 5.59. The highest BCUT2D eigenvalue weighted by Gasteiger charge is 2.40. The maximum Gasteiger partial charge on any atom is 0.391 e. The number of pyridine rings is 1. The van der Waals surface area contributed by atoms with Crippen LogP contribution in [0.5, 0.6) is 0 Å². The monoisotopic (exact) mass is 492 g/mol. The number of likely N-dealkylation sites (tertiary alicyclic amines) is 1. The molecule has 1 aromatic carbocycles. The van der Waals surface area contributed by atoms with E-state index in [1.165, 1.54) is 0 Å². The van der Waals surface area contributed by atoms with E-state index in [1.807, 2.05) is 25.6 Å². The van der Waals surface area contributed by atoms with E-state index in [0.717, 1.165) is 50.2 Å². The molecule has 0 amide bonds. The van der Waals surface area contributed by atoms with Gasteiger partial charge in [0.05, 0.1) is 18.7 Å². The van der Waals surface area contributed by atoms with Crippen molar-refractivity contribution in [3.05, 3.63) is 71.3 Å². The Morgan fingerprint density at radius 1 is 1.03 bits per heavy atom. The Morgan fingerprint density at radius 3 is 2.50 bits per heavy atom. The standard InChI is InChI=1S/C27H27F3N6/c1-35-16-20(13-33-35)24-11-22-23-10-19(12-32-26(23)34-25(22)14-31-24)18-4-2-17(3-5-18)15-36-8-6-21(7-9-36)27(28,29)30/h2-5,10-13,16,21,31H,6-9,14-15H2,1H3,(H,32,34). The molecule has 3 aromatic heterocycles. The van der Waals surface area contributed by atoms with Gasteiger partial charge in [0.15, 0.2) is 0 Å². The zero-order valence-corrected chi connectivity index (χ0v) is 19.9. The van der Waals surface area contributed by atoms with Crippen molar-refractivity contribution >= 4 is 22.8 Å². The summed E-state index contributed by atoms with van der Waals surface area (Å²) in [7, 11) is 1.90. The fourth-order valence-electron chi connectivity index (χ4n) is 5.21. The van der Waals surface area contributed by atoms with Gasteiger partial charge < -0.3 is 10.3 Å². The summed E-state index contributed by atoms with van der Waals surface area (Å²) in [6.45, 7) is 2.32. The van der Waals surface area contributed by atoms with Crippen molar-refractivity contribution in [2.45, 2.75) is 32.1 Å². The van der Waals surface area contributed by atoms with E-state index in [2.05, 4.69) is 61.7 Å². The normalized spacial score (nSPS) is 17.2. The fourth-order valence-corrected chi connectivity index (χ4v) is 5.21. The second kappa shape index (κ2) is 8.81. The maximum atomic E-state index is 12.9. The number of nitrogens with zero attached hydrogens (tertiary/aromatic N) is 4. The molecule has 0 spiro atoms. The number of aromatic amines is 1. The minimum atomic E-state index is -4.08. The van der Waals surface area contributed by atoms with Crippen LogP contribution >= 0.6 is 0 Å². The zero-order valence-electron chi connectivity index (χ0n) is 19.9. The molecule has 186 valence electrons. The number of halogens is 3. The highest BCUT2D eigenvalue weighted by atomic mass is 19.4. The summed E-state index contributed by atoms with van der Waals surface area (Å²) >= 11 is 0.